The van der Waals surface area contributed by atoms with E-state index in [1.54, 1.807) is 12.4 Å². The highest BCUT2D eigenvalue weighted by Gasteiger charge is 2.11. The lowest BCUT2D eigenvalue weighted by Crippen LogP contribution is -2.07. The predicted molar refractivity (Wildman–Crippen MR) is 60.9 cm³/mol. The fourth-order valence-electron chi connectivity index (χ4n) is 1.72. The minimum Gasteiger partial charge on any atom is -0.326 e. The molecule has 2 N–H and O–H groups in total. The van der Waals surface area contributed by atoms with Crippen molar-refractivity contribution in [3.05, 3.63) is 47.3 Å². The van der Waals surface area contributed by atoms with E-state index in [4.69, 9.17) is 5.73 Å². The maximum Gasteiger partial charge on any atom is 0.129 e. The van der Waals surface area contributed by atoms with Gasteiger partial charge in [0, 0.05) is 17.8 Å². The average molecular weight is 219 g/mol. The summed E-state index contributed by atoms with van der Waals surface area (Å²) in [5.74, 6) is -0.272. The van der Waals surface area contributed by atoms with E-state index >= 15 is 0 Å². The van der Waals surface area contributed by atoms with Crippen LogP contribution in [0, 0.1) is 19.7 Å². The Bertz CT molecular complexity index is 517. The lowest BCUT2D eigenvalue weighted by Gasteiger charge is -2.11. The molecular weight excluding hydrogens is 205 g/mol. The van der Waals surface area contributed by atoms with Gasteiger partial charge in [0.25, 0.3) is 0 Å². The van der Waals surface area contributed by atoms with Crippen LogP contribution in [0.5, 0.6) is 0 Å². The number of imidazole rings is 1. The zero-order chi connectivity index (χ0) is 11.7. The van der Waals surface area contributed by atoms with Gasteiger partial charge in [0.05, 0.1) is 17.7 Å². The summed E-state index contributed by atoms with van der Waals surface area (Å²) in [6.45, 7) is 4.06. The largest absolute Gasteiger partial charge is 0.326 e. The summed E-state index contributed by atoms with van der Waals surface area (Å²) in [5.41, 5.74) is 8.79. The van der Waals surface area contributed by atoms with Crippen molar-refractivity contribution in [2.45, 2.75) is 20.4 Å². The van der Waals surface area contributed by atoms with Crippen LogP contribution in [-0.4, -0.2) is 9.55 Å². The topological polar surface area (TPSA) is 43.8 Å². The number of halogens is 1. The summed E-state index contributed by atoms with van der Waals surface area (Å²) in [4.78, 5) is 4.20. The van der Waals surface area contributed by atoms with E-state index in [-0.39, 0.29) is 12.4 Å². The Kier molecular flexibility index (Phi) is 2.75. The Morgan fingerprint density at radius 3 is 2.69 bits per heavy atom. The molecule has 0 bridgehead atoms. The first-order chi connectivity index (χ1) is 7.65. The Morgan fingerprint density at radius 1 is 1.38 bits per heavy atom. The van der Waals surface area contributed by atoms with Gasteiger partial charge in [-0.25, -0.2) is 9.37 Å². The summed E-state index contributed by atoms with van der Waals surface area (Å²) in [7, 11) is 0. The molecule has 0 saturated heterocycles. The first-order valence-corrected chi connectivity index (χ1v) is 5.13. The van der Waals surface area contributed by atoms with Gasteiger partial charge in [-0.1, -0.05) is 6.07 Å². The quantitative estimate of drug-likeness (QED) is 0.840. The molecule has 0 aliphatic carbocycles. The van der Waals surface area contributed by atoms with Crippen molar-refractivity contribution in [1.82, 2.24) is 9.55 Å². The van der Waals surface area contributed by atoms with Gasteiger partial charge < -0.3 is 10.3 Å². The molecule has 0 atom stereocenters. The summed E-state index contributed by atoms with van der Waals surface area (Å²) in [6, 6.07) is 4.95. The number of nitrogens with two attached hydrogens (primary N) is 1. The van der Waals surface area contributed by atoms with Gasteiger partial charge in [-0.05, 0) is 26.0 Å². The molecule has 0 spiro atoms. The number of hydrogen-bond donors (Lipinski definition) is 1. The lowest BCUT2D eigenvalue weighted by atomic mass is 10.1. The number of benzene rings is 1. The van der Waals surface area contributed by atoms with Crippen molar-refractivity contribution >= 4 is 0 Å². The van der Waals surface area contributed by atoms with Crippen molar-refractivity contribution in [3.63, 3.8) is 0 Å². The molecule has 2 aromatic rings. The Labute approximate surface area is 93.7 Å². The molecule has 1 aromatic heterocycles. The van der Waals surface area contributed by atoms with Gasteiger partial charge in [0.15, 0.2) is 0 Å². The first-order valence-electron chi connectivity index (χ1n) is 5.13. The second kappa shape index (κ2) is 4.06. The molecule has 1 aromatic carbocycles. The Morgan fingerprint density at radius 2 is 2.12 bits per heavy atom. The summed E-state index contributed by atoms with van der Waals surface area (Å²) < 4.78 is 15.4. The van der Waals surface area contributed by atoms with Crippen LogP contribution in [-0.2, 0) is 6.54 Å². The maximum atomic E-state index is 13.6. The molecule has 0 fully saturated rings. The van der Waals surface area contributed by atoms with Crippen molar-refractivity contribution in [2.75, 3.05) is 0 Å². The zero-order valence-corrected chi connectivity index (χ0v) is 9.37. The number of rotatable bonds is 2. The lowest BCUT2D eigenvalue weighted by molar-refractivity contribution is 0.608. The Balaban J connectivity index is 2.64. The standard InChI is InChI=1S/C12H14FN3/c1-8-9(2)16(7-15-8)12-5-3-4-11(13)10(12)6-14/h3-5,7H,6,14H2,1-2H3. The number of nitrogens with zero attached hydrogens (tertiary/aromatic N) is 2. The van der Waals surface area contributed by atoms with Crippen LogP contribution in [0.1, 0.15) is 17.0 Å². The minimum absolute atomic E-state index is 0.179. The highest BCUT2D eigenvalue weighted by atomic mass is 19.1. The van der Waals surface area contributed by atoms with E-state index in [0.717, 1.165) is 17.1 Å². The summed E-state index contributed by atoms with van der Waals surface area (Å²) >= 11 is 0. The van der Waals surface area contributed by atoms with Crippen molar-refractivity contribution in [3.8, 4) is 5.69 Å². The zero-order valence-electron chi connectivity index (χ0n) is 9.37. The minimum atomic E-state index is -0.272. The molecule has 3 nitrogen and oxygen atoms in total. The molecule has 0 saturated carbocycles. The molecule has 0 unspecified atom stereocenters. The molecule has 1 heterocycles. The van der Waals surface area contributed by atoms with E-state index < -0.39 is 0 Å². The van der Waals surface area contributed by atoms with E-state index in [9.17, 15) is 4.39 Å². The van der Waals surface area contributed by atoms with Crippen LogP contribution >= 0.6 is 0 Å². The smallest absolute Gasteiger partial charge is 0.129 e. The number of aromatic nitrogens is 2. The predicted octanol–water partition coefficient (Wildman–Crippen LogP) is 2.09. The second-order valence-electron chi connectivity index (χ2n) is 3.73. The van der Waals surface area contributed by atoms with Crippen LogP contribution in [0.25, 0.3) is 5.69 Å². The van der Waals surface area contributed by atoms with Gasteiger partial charge in [-0.2, -0.15) is 0 Å². The maximum absolute atomic E-state index is 13.6. The SMILES string of the molecule is Cc1ncn(-c2cccc(F)c2CN)c1C. The second-order valence-corrected chi connectivity index (χ2v) is 3.73. The average Bonchev–Trinajstić information content (AvgIpc) is 2.59. The van der Waals surface area contributed by atoms with E-state index in [1.165, 1.54) is 6.07 Å². The van der Waals surface area contributed by atoms with Crippen molar-refractivity contribution < 1.29 is 4.39 Å². The molecule has 0 amide bonds. The molecule has 0 aliphatic heterocycles. The van der Waals surface area contributed by atoms with E-state index in [1.807, 2.05) is 24.5 Å². The highest BCUT2D eigenvalue weighted by molar-refractivity contribution is 5.43. The van der Waals surface area contributed by atoms with Gasteiger partial charge in [-0.15, -0.1) is 0 Å². The third-order valence-corrected chi connectivity index (χ3v) is 2.81. The molecule has 16 heavy (non-hydrogen) atoms. The molecule has 4 heteroatoms. The third kappa shape index (κ3) is 1.61. The van der Waals surface area contributed by atoms with Gasteiger partial charge >= 0.3 is 0 Å². The van der Waals surface area contributed by atoms with Gasteiger partial charge in [-0.3, -0.25) is 0 Å². The molecule has 84 valence electrons. The van der Waals surface area contributed by atoms with Crippen molar-refractivity contribution in [2.24, 2.45) is 5.73 Å². The van der Waals surface area contributed by atoms with Crippen LogP contribution in [0.2, 0.25) is 0 Å². The van der Waals surface area contributed by atoms with Crippen LogP contribution in [0.15, 0.2) is 24.5 Å². The Hall–Kier alpha value is -1.68. The summed E-state index contributed by atoms with van der Waals surface area (Å²) in [6.07, 6.45) is 1.69. The van der Waals surface area contributed by atoms with Crippen LogP contribution in [0.4, 0.5) is 4.39 Å². The third-order valence-electron chi connectivity index (χ3n) is 2.81. The molecule has 2 rings (SSSR count). The van der Waals surface area contributed by atoms with E-state index in [2.05, 4.69) is 4.98 Å². The first kappa shape index (κ1) is 10.8. The van der Waals surface area contributed by atoms with E-state index in [0.29, 0.717) is 5.56 Å². The van der Waals surface area contributed by atoms with Crippen molar-refractivity contribution in [1.29, 1.82) is 0 Å². The monoisotopic (exact) mass is 219 g/mol. The normalized spacial score (nSPS) is 10.8. The number of hydrogen-bond acceptors (Lipinski definition) is 2. The van der Waals surface area contributed by atoms with Gasteiger partial charge in [0.2, 0.25) is 0 Å². The van der Waals surface area contributed by atoms with Crippen LogP contribution in [0.3, 0.4) is 0 Å². The highest BCUT2D eigenvalue weighted by Crippen LogP contribution is 2.20. The fourth-order valence-corrected chi connectivity index (χ4v) is 1.72. The summed E-state index contributed by atoms with van der Waals surface area (Å²) in [5, 5.41) is 0. The molecular formula is C12H14FN3. The fraction of sp³-hybridized carbons (Fsp3) is 0.250. The van der Waals surface area contributed by atoms with Gasteiger partial charge in [0.1, 0.15) is 5.82 Å². The molecule has 0 radical (unpaired) electrons. The van der Waals surface area contributed by atoms with Crippen LogP contribution < -0.4 is 5.73 Å². The molecule has 0 aliphatic rings. The number of aryl methyl sites for hydroxylation is 1.